The van der Waals surface area contributed by atoms with E-state index in [1.807, 2.05) is 36.1 Å². The minimum absolute atomic E-state index is 0. The van der Waals surface area contributed by atoms with Crippen LogP contribution in [-0.2, 0) is 16.1 Å². The molecule has 2 saturated heterocycles. The van der Waals surface area contributed by atoms with E-state index in [0.29, 0.717) is 25.4 Å². The summed E-state index contributed by atoms with van der Waals surface area (Å²) in [6.45, 7) is 4.60. The van der Waals surface area contributed by atoms with Crippen LogP contribution in [0.1, 0.15) is 31.7 Å². The van der Waals surface area contributed by atoms with Gasteiger partial charge < -0.3 is 20.3 Å². The molecule has 0 saturated carbocycles. The number of piperidine rings is 1. The fraction of sp³-hybridized carbons (Fsp3) is 0.600. The molecule has 2 aliphatic rings. The van der Waals surface area contributed by atoms with Crippen LogP contribution in [0.2, 0.25) is 0 Å². The second kappa shape index (κ2) is 9.42. The number of amides is 2. The van der Waals surface area contributed by atoms with Crippen molar-refractivity contribution in [1.29, 1.82) is 0 Å². The maximum absolute atomic E-state index is 12.8. The SMILES string of the molecule is COc1ccc(CN2CC(C(=O)N3CCC(C(C)N)CC3)CC2=O)cc1.Cl. The fourth-order valence-corrected chi connectivity index (χ4v) is 3.95. The fourth-order valence-electron chi connectivity index (χ4n) is 3.95. The Morgan fingerprint density at radius 1 is 1.26 bits per heavy atom. The Kier molecular flexibility index (Phi) is 7.50. The maximum Gasteiger partial charge on any atom is 0.227 e. The highest BCUT2D eigenvalue weighted by molar-refractivity contribution is 5.89. The lowest BCUT2D eigenvalue weighted by molar-refractivity contribution is -0.137. The smallest absolute Gasteiger partial charge is 0.227 e. The zero-order valence-corrected chi connectivity index (χ0v) is 16.9. The number of carbonyl (C=O) groups excluding carboxylic acids is 2. The number of likely N-dealkylation sites (tertiary alicyclic amines) is 2. The summed E-state index contributed by atoms with van der Waals surface area (Å²) in [5, 5.41) is 0. The zero-order valence-electron chi connectivity index (χ0n) is 16.1. The Bertz CT molecular complexity index is 642. The minimum Gasteiger partial charge on any atom is -0.497 e. The first-order valence-corrected chi connectivity index (χ1v) is 9.43. The lowest BCUT2D eigenvalue weighted by Crippen LogP contribution is -2.45. The van der Waals surface area contributed by atoms with Crippen LogP contribution in [0.4, 0.5) is 0 Å². The van der Waals surface area contributed by atoms with Crippen LogP contribution in [0.15, 0.2) is 24.3 Å². The zero-order chi connectivity index (χ0) is 18.7. The van der Waals surface area contributed by atoms with Gasteiger partial charge in [0.05, 0.1) is 13.0 Å². The molecule has 1 aromatic carbocycles. The van der Waals surface area contributed by atoms with Gasteiger partial charge in [0.2, 0.25) is 11.8 Å². The molecule has 2 fully saturated rings. The van der Waals surface area contributed by atoms with E-state index < -0.39 is 0 Å². The highest BCUT2D eigenvalue weighted by Gasteiger charge is 2.37. The molecule has 1 aromatic rings. The summed E-state index contributed by atoms with van der Waals surface area (Å²) in [5.41, 5.74) is 7.02. The topological polar surface area (TPSA) is 75.9 Å². The monoisotopic (exact) mass is 395 g/mol. The molecule has 2 amide bonds. The lowest BCUT2D eigenvalue weighted by atomic mass is 9.90. The summed E-state index contributed by atoms with van der Waals surface area (Å²) in [4.78, 5) is 28.9. The van der Waals surface area contributed by atoms with Gasteiger partial charge in [-0.2, -0.15) is 0 Å². The van der Waals surface area contributed by atoms with Gasteiger partial charge in [-0.05, 0) is 43.4 Å². The molecular formula is C20H30ClN3O3. The Balaban J connectivity index is 0.00000261. The molecular weight excluding hydrogens is 366 g/mol. The van der Waals surface area contributed by atoms with Crippen molar-refractivity contribution in [1.82, 2.24) is 9.80 Å². The van der Waals surface area contributed by atoms with E-state index in [9.17, 15) is 9.59 Å². The Morgan fingerprint density at radius 2 is 1.89 bits per heavy atom. The van der Waals surface area contributed by atoms with E-state index >= 15 is 0 Å². The highest BCUT2D eigenvalue weighted by atomic mass is 35.5. The van der Waals surface area contributed by atoms with Gasteiger partial charge >= 0.3 is 0 Å². The average molecular weight is 396 g/mol. The third-order valence-corrected chi connectivity index (χ3v) is 5.69. The van der Waals surface area contributed by atoms with E-state index in [2.05, 4.69) is 0 Å². The first-order valence-electron chi connectivity index (χ1n) is 9.43. The van der Waals surface area contributed by atoms with Crippen molar-refractivity contribution in [3.63, 3.8) is 0 Å². The molecule has 2 heterocycles. The number of halogens is 1. The van der Waals surface area contributed by atoms with E-state index in [-0.39, 0.29) is 36.2 Å². The van der Waals surface area contributed by atoms with Crippen molar-refractivity contribution in [3.05, 3.63) is 29.8 Å². The molecule has 2 aliphatic heterocycles. The number of methoxy groups -OCH3 is 1. The van der Waals surface area contributed by atoms with Crippen molar-refractivity contribution in [3.8, 4) is 5.75 Å². The lowest BCUT2D eigenvalue weighted by Gasteiger charge is -2.35. The molecule has 0 aliphatic carbocycles. The van der Waals surface area contributed by atoms with E-state index in [1.165, 1.54) is 0 Å². The summed E-state index contributed by atoms with van der Waals surface area (Å²) in [6, 6.07) is 7.88. The predicted molar refractivity (Wildman–Crippen MR) is 107 cm³/mol. The van der Waals surface area contributed by atoms with Crippen LogP contribution < -0.4 is 10.5 Å². The van der Waals surface area contributed by atoms with Crippen molar-refractivity contribution >= 4 is 24.2 Å². The molecule has 0 aromatic heterocycles. The van der Waals surface area contributed by atoms with Gasteiger partial charge in [0.1, 0.15) is 5.75 Å². The summed E-state index contributed by atoms with van der Waals surface area (Å²) < 4.78 is 5.16. The number of benzene rings is 1. The molecule has 0 bridgehead atoms. The van der Waals surface area contributed by atoms with Crippen LogP contribution in [0.25, 0.3) is 0 Å². The number of hydrogen-bond donors (Lipinski definition) is 1. The summed E-state index contributed by atoms with van der Waals surface area (Å²) in [7, 11) is 1.63. The van der Waals surface area contributed by atoms with Gasteiger partial charge in [-0.3, -0.25) is 9.59 Å². The average Bonchev–Trinajstić information content (AvgIpc) is 3.02. The van der Waals surface area contributed by atoms with Crippen molar-refractivity contribution < 1.29 is 14.3 Å². The molecule has 6 nitrogen and oxygen atoms in total. The predicted octanol–water partition coefficient (Wildman–Crippen LogP) is 2.05. The standard InChI is InChI=1S/C20H29N3O3.ClH/c1-14(21)16-7-9-22(10-8-16)20(25)17-11-19(24)23(13-17)12-15-3-5-18(26-2)6-4-15;/h3-6,14,16-17H,7-13,21H2,1-2H3;1H. The molecule has 150 valence electrons. The summed E-state index contributed by atoms with van der Waals surface area (Å²) >= 11 is 0. The van der Waals surface area contributed by atoms with Crippen LogP contribution in [0.3, 0.4) is 0 Å². The Labute approximate surface area is 167 Å². The molecule has 2 N–H and O–H groups in total. The van der Waals surface area contributed by atoms with Gasteiger partial charge in [-0.25, -0.2) is 0 Å². The largest absolute Gasteiger partial charge is 0.497 e. The molecule has 2 unspecified atom stereocenters. The molecule has 27 heavy (non-hydrogen) atoms. The molecule has 0 radical (unpaired) electrons. The Morgan fingerprint density at radius 3 is 2.44 bits per heavy atom. The second-order valence-electron chi connectivity index (χ2n) is 7.55. The van der Waals surface area contributed by atoms with Gasteiger partial charge in [0, 0.05) is 38.6 Å². The quantitative estimate of drug-likeness (QED) is 0.827. The first-order chi connectivity index (χ1) is 12.5. The maximum atomic E-state index is 12.8. The number of nitrogens with zero attached hydrogens (tertiary/aromatic N) is 2. The summed E-state index contributed by atoms with van der Waals surface area (Å²) in [5.74, 6) is 1.26. The van der Waals surface area contributed by atoms with Crippen LogP contribution >= 0.6 is 12.4 Å². The molecule has 2 atom stereocenters. The number of nitrogens with two attached hydrogens (primary N) is 1. The van der Waals surface area contributed by atoms with E-state index in [0.717, 1.165) is 37.2 Å². The number of ether oxygens (including phenoxy) is 1. The van der Waals surface area contributed by atoms with Gasteiger partial charge in [-0.15, -0.1) is 12.4 Å². The van der Waals surface area contributed by atoms with Crippen LogP contribution in [0.5, 0.6) is 5.75 Å². The number of carbonyl (C=O) groups is 2. The number of hydrogen-bond acceptors (Lipinski definition) is 4. The summed E-state index contributed by atoms with van der Waals surface area (Å²) in [6.07, 6.45) is 2.24. The Hall–Kier alpha value is -1.79. The van der Waals surface area contributed by atoms with Gasteiger partial charge in [0.15, 0.2) is 0 Å². The van der Waals surface area contributed by atoms with E-state index in [4.69, 9.17) is 10.5 Å². The van der Waals surface area contributed by atoms with Gasteiger partial charge in [-0.1, -0.05) is 12.1 Å². The highest BCUT2D eigenvalue weighted by Crippen LogP contribution is 2.26. The van der Waals surface area contributed by atoms with Crippen LogP contribution in [0, 0.1) is 11.8 Å². The van der Waals surface area contributed by atoms with Crippen molar-refractivity contribution in [2.75, 3.05) is 26.7 Å². The van der Waals surface area contributed by atoms with Crippen molar-refractivity contribution in [2.24, 2.45) is 17.6 Å². The normalized spacial score (nSPS) is 21.7. The van der Waals surface area contributed by atoms with Crippen LogP contribution in [-0.4, -0.2) is 54.4 Å². The third-order valence-electron chi connectivity index (χ3n) is 5.69. The molecule has 0 spiro atoms. The molecule has 3 rings (SSSR count). The van der Waals surface area contributed by atoms with Gasteiger partial charge in [0.25, 0.3) is 0 Å². The third kappa shape index (κ3) is 5.14. The van der Waals surface area contributed by atoms with Crippen molar-refractivity contribution in [2.45, 2.75) is 38.8 Å². The number of rotatable bonds is 5. The first kappa shape index (κ1) is 21.5. The minimum atomic E-state index is -0.215. The second-order valence-corrected chi connectivity index (χ2v) is 7.55. The van der Waals surface area contributed by atoms with E-state index in [1.54, 1.807) is 12.0 Å². The molecule has 7 heteroatoms.